The van der Waals surface area contributed by atoms with Gasteiger partial charge >= 0.3 is 6.18 Å². The van der Waals surface area contributed by atoms with Gasteiger partial charge in [-0.25, -0.2) is 4.98 Å². The lowest BCUT2D eigenvalue weighted by Gasteiger charge is -2.09. The van der Waals surface area contributed by atoms with E-state index in [1.807, 2.05) is 4.98 Å². The van der Waals surface area contributed by atoms with Gasteiger partial charge in [0.05, 0.1) is 5.69 Å². The molecule has 0 spiro atoms. The molecular formula is C11H8F3N3S. The second kappa shape index (κ2) is 4.49. The quantitative estimate of drug-likeness (QED) is 0.807. The summed E-state index contributed by atoms with van der Waals surface area (Å²) in [5, 5.41) is 0. The maximum absolute atomic E-state index is 12.6. The Hall–Kier alpha value is -1.76. The molecule has 7 heteroatoms. The molecule has 1 N–H and O–H groups in total. The number of nitrogens with zero attached hydrogens (tertiary/aromatic N) is 2. The lowest BCUT2D eigenvalue weighted by atomic mass is 10.1. The van der Waals surface area contributed by atoms with Gasteiger partial charge in [-0.15, -0.1) is 0 Å². The van der Waals surface area contributed by atoms with E-state index in [1.165, 1.54) is 6.20 Å². The van der Waals surface area contributed by atoms with Crippen LogP contribution in [0.2, 0.25) is 0 Å². The molecule has 0 fully saturated rings. The summed E-state index contributed by atoms with van der Waals surface area (Å²) in [7, 11) is 0. The monoisotopic (exact) mass is 271 g/mol. The molecule has 2 aromatic heterocycles. The van der Waals surface area contributed by atoms with Crippen molar-refractivity contribution >= 4 is 12.2 Å². The van der Waals surface area contributed by atoms with Gasteiger partial charge in [0.25, 0.3) is 0 Å². The van der Waals surface area contributed by atoms with E-state index < -0.39 is 11.9 Å². The fourth-order valence-electron chi connectivity index (χ4n) is 1.48. The number of aromatic amines is 1. The molecule has 94 valence electrons. The summed E-state index contributed by atoms with van der Waals surface area (Å²) >= 11 is 4.71. The SMILES string of the molecule is Cc1ccncc1-c1cc(C(F)(F)F)[nH]c(=S)n1. The smallest absolute Gasteiger partial charge is 0.327 e. The van der Waals surface area contributed by atoms with Crippen molar-refractivity contribution in [1.29, 1.82) is 0 Å². The van der Waals surface area contributed by atoms with Gasteiger partial charge in [-0.05, 0) is 36.8 Å². The van der Waals surface area contributed by atoms with Crippen molar-refractivity contribution in [2.45, 2.75) is 13.1 Å². The number of H-pyrrole nitrogens is 1. The Morgan fingerprint density at radius 3 is 2.67 bits per heavy atom. The van der Waals surface area contributed by atoms with Crippen molar-refractivity contribution in [3.05, 3.63) is 40.6 Å². The number of alkyl halides is 3. The number of nitrogens with one attached hydrogen (secondary N) is 1. The van der Waals surface area contributed by atoms with Crippen LogP contribution in [0.15, 0.2) is 24.5 Å². The number of hydrogen-bond acceptors (Lipinski definition) is 3. The van der Waals surface area contributed by atoms with Crippen LogP contribution in [0.4, 0.5) is 13.2 Å². The van der Waals surface area contributed by atoms with Crippen molar-refractivity contribution in [2.75, 3.05) is 0 Å². The molecule has 0 unspecified atom stereocenters. The molecular weight excluding hydrogens is 263 g/mol. The number of aromatic nitrogens is 3. The average molecular weight is 271 g/mol. The minimum atomic E-state index is -4.48. The second-order valence-corrected chi connectivity index (χ2v) is 4.06. The summed E-state index contributed by atoms with van der Waals surface area (Å²) in [6.07, 6.45) is -1.46. The van der Waals surface area contributed by atoms with E-state index in [0.29, 0.717) is 5.56 Å². The van der Waals surface area contributed by atoms with Gasteiger partial charge < -0.3 is 4.98 Å². The maximum atomic E-state index is 12.6. The minimum Gasteiger partial charge on any atom is -0.327 e. The molecule has 0 radical (unpaired) electrons. The van der Waals surface area contributed by atoms with Crippen LogP contribution >= 0.6 is 12.2 Å². The molecule has 0 aromatic carbocycles. The first-order valence-electron chi connectivity index (χ1n) is 4.97. The van der Waals surface area contributed by atoms with Crippen LogP contribution < -0.4 is 0 Å². The predicted octanol–water partition coefficient (Wildman–Crippen LogP) is 3.53. The van der Waals surface area contributed by atoms with Crippen molar-refractivity contribution in [2.24, 2.45) is 0 Å². The first-order valence-corrected chi connectivity index (χ1v) is 5.38. The highest BCUT2D eigenvalue weighted by molar-refractivity contribution is 7.71. The van der Waals surface area contributed by atoms with Crippen molar-refractivity contribution in [1.82, 2.24) is 15.0 Å². The van der Waals surface area contributed by atoms with Crippen molar-refractivity contribution < 1.29 is 13.2 Å². The summed E-state index contributed by atoms with van der Waals surface area (Å²) in [5.41, 5.74) is 0.562. The second-order valence-electron chi connectivity index (χ2n) is 3.67. The van der Waals surface area contributed by atoms with Crippen molar-refractivity contribution in [3.8, 4) is 11.3 Å². The summed E-state index contributed by atoms with van der Waals surface area (Å²) in [6.45, 7) is 1.77. The summed E-state index contributed by atoms with van der Waals surface area (Å²) in [5.74, 6) is 0. The van der Waals surface area contributed by atoms with E-state index >= 15 is 0 Å². The van der Waals surface area contributed by atoms with Gasteiger partial charge in [0.2, 0.25) is 0 Å². The highest BCUT2D eigenvalue weighted by atomic mass is 32.1. The topological polar surface area (TPSA) is 41.6 Å². The molecule has 0 saturated heterocycles. The highest BCUT2D eigenvalue weighted by Crippen LogP contribution is 2.30. The standard InChI is InChI=1S/C11H8F3N3S/c1-6-2-3-15-5-7(6)8-4-9(11(12,13)14)17-10(18)16-8/h2-5H,1H3,(H,16,17,18). The van der Waals surface area contributed by atoms with E-state index in [4.69, 9.17) is 12.2 Å². The van der Waals surface area contributed by atoms with E-state index in [0.717, 1.165) is 11.6 Å². The van der Waals surface area contributed by atoms with E-state index in [-0.39, 0.29) is 10.5 Å². The Morgan fingerprint density at radius 1 is 1.33 bits per heavy atom. The molecule has 0 aliphatic carbocycles. The zero-order chi connectivity index (χ0) is 13.3. The first-order chi connectivity index (χ1) is 8.38. The van der Waals surface area contributed by atoms with Crippen LogP contribution in [0.3, 0.4) is 0 Å². The Morgan fingerprint density at radius 2 is 2.06 bits per heavy atom. The van der Waals surface area contributed by atoms with E-state index in [9.17, 15) is 13.2 Å². The lowest BCUT2D eigenvalue weighted by molar-refractivity contribution is -0.141. The molecule has 3 nitrogen and oxygen atoms in total. The maximum Gasteiger partial charge on any atom is 0.431 e. The minimum absolute atomic E-state index is 0.164. The predicted molar refractivity (Wildman–Crippen MR) is 62.4 cm³/mol. The Bertz CT molecular complexity index is 634. The van der Waals surface area contributed by atoms with Crippen LogP contribution in [-0.4, -0.2) is 15.0 Å². The van der Waals surface area contributed by atoms with Gasteiger partial charge in [-0.2, -0.15) is 13.2 Å². The third-order valence-corrected chi connectivity index (χ3v) is 2.56. The van der Waals surface area contributed by atoms with E-state index in [1.54, 1.807) is 19.2 Å². The lowest BCUT2D eigenvalue weighted by Crippen LogP contribution is -2.09. The Kier molecular flexibility index (Phi) is 3.16. The molecule has 0 aliphatic heterocycles. The number of halogens is 3. The van der Waals surface area contributed by atoms with Gasteiger partial charge in [-0.3, -0.25) is 4.98 Å². The van der Waals surface area contributed by atoms with Crippen LogP contribution in [0.25, 0.3) is 11.3 Å². The van der Waals surface area contributed by atoms with Crippen LogP contribution in [0.5, 0.6) is 0 Å². The molecule has 0 amide bonds. The number of hydrogen-bond donors (Lipinski definition) is 1. The zero-order valence-corrected chi connectivity index (χ0v) is 10.1. The first kappa shape index (κ1) is 12.7. The summed E-state index contributed by atoms with van der Waals surface area (Å²) in [6, 6.07) is 2.63. The van der Waals surface area contributed by atoms with Gasteiger partial charge in [-0.1, -0.05) is 0 Å². The molecule has 0 bridgehead atoms. The molecule has 0 saturated carbocycles. The highest BCUT2D eigenvalue weighted by Gasteiger charge is 2.32. The largest absolute Gasteiger partial charge is 0.431 e. The molecule has 0 atom stereocenters. The van der Waals surface area contributed by atoms with Crippen LogP contribution in [0.1, 0.15) is 11.3 Å². The Balaban J connectivity index is 2.63. The Labute approximate surface area is 106 Å². The summed E-state index contributed by atoms with van der Waals surface area (Å²) in [4.78, 5) is 9.81. The van der Waals surface area contributed by atoms with Gasteiger partial charge in [0, 0.05) is 18.0 Å². The summed E-state index contributed by atoms with van der Waals surface area (Å²) < 4.78 is 37.7. The number of aryl methyl sites for hydroxylation is 1. The molecule has 18 heavy (non-hydrogen) atoms. The molecule has 0 aliphatic rings. The average Bonchev–Trinajstić information content (AvgIpc) is 2.27. The van der Waals surface area contributed by atoms with Crippen LogP contribution in [-0.2, 0) is 6.18 Å². The third-order valence-electron chi connectivity index (χ3n) is 2.37. The van der Waals surface area contributed by atoms with Crippen LogP contribution in [0, 0.1) is 11.7 Å². The third kappa shape index (κ3) is 2.56. The van der Waals surface area contributed by atoms with Gasteiger partial charge in [0.15, 0.2) is 4.77 Å². The molecule has 2 aromatic rings. The van der Waals surface area contributed by atoms with Crippen molar-refractivity contribution in [3.63, 3.8) is 0 Å². The molecule has 2 heterocycles. The van der Waals surface area contributed by atoms with Gasteiger partial charge in [0.1, 0.15) is 5.69 Å². The molecule has 2 rings (SSSR count). The van der Waals surface area contributed by atoms with E-state index in [2.05, 4.69) is 9.97 Å². The number of rotatable bonds is 1. The zero-order valence-electron chi connectivity index (χ0n) is 9.25. The normalized spacial score (nSPS) is 11.6. The fraction of sp³-hybridized carbons (Fsp3) is 0.182. The number of pyridine rings is 1. The fourth-order valence-corrected chi connectivity index (χ4v) is 1.69.